The van der Waals surface area contributed by atoms with E-state index in [1.54, 1.807) is 25.5 Å². The zero-order valence-corrected chi connectivity index (χ0v) is 16.1. The molecule has 0 aliphatic carbocycles. The average Bonchev–Trinajstić information content (AvgIpc) is 2.57. The van der Waals surface area contributed by atoms with E-state index in [0.29, 0.717) is 21.6 Å². The highest BCUT2D eigenvalue weighted by Crippen LogP contribution is 2.35. The summed E-state index contributed by atoms with van der Waals surface area (Å²) in [7, 11) is 3.09. The molecule has 0 aliphatic heterocycles. The van der Waals surface area contributed by atoms with Crippen LogP contribution in [-0.4, -0.2) is 25.5 Å². The lowest BCUT2D eigenvalue weighted by molar-refractivity contribution is 0.355. The number of aryl methyl sites for hydroxylation is 2. The van der Waals surface area contributed by atoms with Crippen LogP contribution in [0.5, 0.6) is 11.5 Å². The number of halogens is 1. The summed E-state index contributed by atoms with van der Waals surface area (Å²) in [5, 5.41) is 8.14. The van der Waals surface area contributed by atoms with Gasteiger partial charge in [-0.2, -0.15) is 5.10 Å². The highest BCUT2D eigenvalue weighted by Gasteiger charge is 2.10. The first-order valence-electron chi connectivity index (χ1n) is 7.54. The Labute approximate surface area is 158 Å². The first-order chi connectivity index (χ1) is 12.0. The number of hydrogen-bond acceptors (Lipinski definition) is 4. The number of hydrogen-bond donors (Lipinski definition) is 2. The van der Waals surface area contributed by atoms with Crippen molar-refractivity contribution in [3.05, 3.63) is 52.0 Å². The zero-order chi connectivity index (χ0) is 18.4. The summed E-state index contributed by atoms with van der Waals surface area (Å²) in [6.07, 6.45) is 1.60. The molecule has 2 rings (SSSR count). The maximum absolute atomic E-state index is 6.17. The smallest absolute Gasteiger partial charge is 0.191 e. The number of benzene rings is 2. The maximum atomic E-state index is 6.17. The van der Waals surface area contributed by atoms with E-state index in [2.05, 4.69) is 15.8 Å². The van der Waals surface area contributed by atoms with Crippen LogP contribution in [0.1, 0.15) is 16.7 Å². The Hall–Kier alpha value is -2.31. The molecule has 25 heavy (non-hydrogen) atoms. The predicted molar refractivity (Wildman–Crippen MR) is 107 cm³/mol. The molecule has 2 aromatic carbocycles. The lowest BCUT2D eigenvalue weighted by Gasteiger charge is -2.12. The fourth-order valence-electron chi connectivity index (χ4n) is 2.33. The molecule has 0 heterocycles. The number of thiocarbonyl (C=S) groups is 1. The number of hydrazone groups is 1. The molecule has 132 valence electrons. The number of nitrogens with zero attached hydrogens (tertiary/aromatic N) is 1. The van der Waals surface area contributed by atoms with Gasteiger partial charge in [0.05, 0.1) is 25.5 Å². The molecular formula is C18H20ClN3O2S. The molecule has 0 bridgehead atoms. The molecule has 2 aromatic rings. The molecule has 0 saturated heterocycles. The van der Waals surface area contributed by atoms with E-state index in [1.165, 1.54) is 7.11 Å². The lowest BCUT2D eigenvalue weighted by atomic mass is 10.1. The number of methoxy groups -OCH3 is 2. The summed E-state index contributed by atoms with van der Waals surface area (Å²) < 4.78 is 10.5. The Kier molecular flexibility index (Phi) is 6.61. The van der Waals surface area contributed by atoms with Crippen molar-refractivity contribution in [3.8, 4) is 11.5 Å². The molecular weight excluding hydrogens is 358 g/mol. The third-order valence-corrected chi connectivity index (χ3v) is 4.03. The van der Waals surface area contributed by atoms with Crippen molar-refractivity contribution in [3.63, 3.8) is 0 Å². The third kappa shape index (κ3) is 4.84. The Bertz CT molecular complexity index is 789. The predicted octanol–water partition coefficient (Wildman–Crippen LogP) is 4.29. The standard InChI is InChI=1S/C18H20ClN3O2S/c1-11-6-5-7-12(2)16(11)21-18(25)22-20-10-13-8-14(19)17(24-4)15(9-13)23-3/h5-10H,1-4H3,(H2,21,22,25)/b20-10+. The van der Waals surface area contributed by atoms with Crippen LogP contribution in [0.4, 0.5) is 5.69 Å². The highest BCUT2D eigenvalue weighted by atomic mass is 35.5. The summed E-state index contributed by atoms with van der Waals surface area (Å²) >= 11 is 11.4. The van der Waals surface area contributed by atoms with Crippen LogP contribution in [0.15, 0.2) is 35.4 Å². The van der Waals surface area contributed by atoms with Gasteiger partial charge >= 0.3 is 0 Å². The van der Waals surface area contributed by atoms with Gasteiger partial charge < -0.3 is 14.8 Å². The molecule has 0 fully saturated rings. The topological polar surface area (TPSA) is 54.9 Å². The molecule has 0 aromatic heterocycles. The third-order valence-electron chi connectivity index (χ3n) is 3.56. The van der Waals surface area contributed by atoms with E-state index in [9.17, 15) is 0 Å². The molecule has 0 spiro atoms. The van der Waals surface area contributed by atoms with E-state index in [1.807, 2.05) is 32.0 Å². The molecule has 0 radical (unpaired) electrons. The van der Waals surface area contributed by atoms with Gasteiger partial charge in [-0.1, -0.05) is 29.8 Å². The first-order valence-corrected chi connectivity index (χ1v) is 8.32. The van der Waals surface area contributed by atoms with Crippen LogP contribution in [0.25, 0.3) is 0 Å². The minimum Gasteiger partial charge on any atom is -0.493 e. The average molecular weight is 378 g/mol. The largest absolute Gasteiger partial charge is 0.493 e. The molecule has 7 heteroatoms. The van der Waals surface area contributed by atoms with E-state index in [0.717, 1.165) is 22.4 Å². The van der Waals surface area contributed by atoms with Crippen LogP contribution >= 0.6 is 23.8 Å². The fraction of sp³-hybridized carbons (Fsp3) is 0.222. The second kappa shape index (κ2) is 8.69. The Balaban J connectivity index is 2.06. The summed E-state index contributed by atoms with van der Waals surface area (Å²) in [5.74, 6) is 1.02. The van der Waals surface area contributed by atoms with Gasteiger partial charge in [0.25, 0.3) is 0 Å². The summed E-state index contributed by atoms with van der Waals surface area (Å²) in [6, 6.07) is 9.55. The van der Waals surface area contributed by atoms with E-state index >= 15 is 0 Å². The quantitative estimate of drug-likeness (QED) is 0.462. The number of rotatable bonds is 5. The first kappa shape index (κ1) is 19.0. The van der Waals surface area contributed by atoms with E-state index in [-0.39, 0.29) is 0 Å². The fourth-order valence-corrected chi connectivity index (χ4v) is 2.78. The lowest BCUT2D eigenvalue weighted by Crippen LogP contribution is -2.24. The van der Waals surface area contributed by atoms with Gasteiger partial charge in [0.15, 0.2) is 16.6 Å². The summed E-state index contributed by atoms with van der Waals surface area (Å²) in [5.41, 5.74) is 6.75. The van der Waals surface area contributed by atoms with Gasteiger partial charge in [-0.05, 0) is 54.9 Å². The van der Waals surface area contributed by atoms with Crippen LogP contribution < -0.4 is 20.2 Å². The van der Waals surface area contributed by atoms with Gasteiger partial charge in [-0.15, -0.1) is 0 Å². The van der Waals surface area contributed by atoms with E-state index < -0.39 is 0 Å². The Morgan fingerprint density at radius 3 is 2.44 bits per heavy atom. The van der Waals surface area contributed by atoms with Gasteiger partial charge in [-0.25, -0.2) is 0 Å². The minimum absolute atomic E-state index is 0.403. The second-order valence-electron chi connectivity index (χ2n) is 5.33. The van der Waals surface area contributed by atoms with Gasteiger partial charge in [0.2, 0.25) is 0 Å². The van der Waals surface area contributed by atoms with Crippen molar-refractivity contribution in [2.75, 3.05) is 19.5 Å². The zero-order valence-electron chi connectivity index (χ0n) is 14.5. The Morgan fingerprint density at radius 2 is 1.84 bits per heavy atom. The number of anilines is 1. The molecule has 0 amide bonds. The SMILES string of the molecule is COc1cc(/C=N/NC(=S)Nc2c(C)cccc2C)cc(Cl)c1OC. The summed E-state index contributed by atoms with van der Waals surface area (Å²) in [4.78, 5) is 0. The van der Waals surface area contributed by atoms with Gasteiger partial charge in [0, 0.05) is 5.69 Å². The van der Waals surface area contributed by atoms with Crippen molar-refractivity contribution in [1.82, 2.24) is 5.43 Å². The number of ether oxygens (including phenoxy) is 2. The molecule has 0 atom stereocenters. The molecule has 0 aliphatic rings. The normalized spacial score (nSPS) is 10.6. The van der Waals surface area contributed by atoms with Crippen LogP contribution in [0.2, 0.25) is 5.02 Å². The van der Waals surface area contributed by atoms with Crippen molar-refractivity contribution in [1.29, 1.82) is 0 Å². The van der Waals surface area contributed by atoms with Gasteiger partial charge in [0.1, 0.15) is 0 Å². The Morgan fingerprint density at radius 1 is 1.16 bits per heavy atom. The molecule has 2 N–H and O–H groups in total. The van der Waals surface area contributed by atoms with Crippen molar-refractivity contribution < 1.29 is 9.47 Å². The number of nitrogens with one attached hydrogen (secondary N) is 2. The van der Waals surface area contributed by atoms with Crippen LogP contribution in [0, 0.1) is 13.8 Å². The molecule has 0 saturated carbocycles. The molecule has 0 unspecified atom stereocenters. The minimum atomic E-state index is 0.403. The molecule has 5 nitrogen and oxygen atoms in total. The van der Waals surface area contributed by atoms with Crippen molar-refractivity contribution in [2.45, 2.75) is 13.8 Å². The van der Waals surface area contributed by atoms with Crippen molar-refractivity contribution >= 4 is 40.8 Å². The van der Waals surface area contributed by atoms with Crippen LogP contribution in [-0.2, 0) is 0 Å². The second-order valence-corrected chi connectivity index (χ2v) is 6.14. The monoisotopic (exact) mass is 377 g/mol. The summed E-state index contributed by atoms with van der Waals surface area (Å²) in [6.45, 7) is 4.04. The van der Waals surface area contributed by atoms with E-state index in [4.69, 9.17) is 33.3 Å². The maximum Gasteiger partial charge on any atom is 0.191 e. The van der Waals surface area contributed by atoms with Crippen LogP contribution in [0.3, 0.4) is 0 Å². The van der Waals surface area contributed by atoms with Gasteiger partial charge in [-0.3, -0.25) is 5.43 Å². The number of para-hydroxylation sites is 1. The highest BCUT2D eigenvalue weighted by molar-refractivity contribution is 7.80. The van der Waals surface area contributed by atoms with Crippen molar-refractivity contribution in [2.24, 2.45) is 5.10 Å².